The summed E-state index contributed by atoms with van der Waals surface area (Å²) in [4.78, 5) is 35.2. The van der Waals surface area contributed by atoms with Gasteiger partial charge < -0.3 is 15.3 Å². The van der Waals surface area contributed by atoms with E-state index < -0.39 is 18.4 Å². The fraction of sp³-hybridized carbons (Fsp3) is 0.250. The van der Waals surface area contributed by atoms with E-state index in [1.807, 2.05) is 0 Å². The fourth-order valence-electron chi connectivity index (χ4n) is 1.39. The molecular formula is C12H14N2O4S. The van der Waals surface area contributed by atoms with E-state index in [0.717, 1.165) is 11.3 Å². The van der Waals surface area contributed by atoms with Crippen molar-refractivity contribution < 1.29 is 19.5 Å². The summed E-state index contributed by atoms with van der Waals surface area (Å²) in [5, 5.41) is 11.9. The van der Waals surface area contributed by atoms with Crippen LogP contribution in [0, 0.1) is 0 Å². The van der Waals surface area contributed by atoms with Crippen molar-refractivity contribution in [3.05, 3.63) is 29.7 Å². The zero-order valence-electron chi connectivity index (χ0n) is 10.4. The number of hydrogen-bond donors (Lipinski definition) is 2. The van der Waals surface area contributed by atoms with E-state index in [1.165, 1.54) is 17.9 Å². The van der Waals surface area contributed by atoms with E-state index in [-0.39, 0.29) is 12.5 Å². The molecule has 0 bridgehead atoms. The van der Waals surface area contributed by atoms with Crippen LogP contribution in [0.4, 0.5) is 5.00 Å². The number of thiophene rings is 1. The Morgan fingerprint density at radius 2 is 2.16 bits per heavy atom. The molecule has 1 heterocycles. The van der Waals surface area contributed by atoms with E-state index in [1.54, 1.807) is 12.1 Å². The molecule has 0 saturated carbocycles. The van der Waals surface area contributed by atoms with E-state index >= 15 is 0 Å². The number of carbonyl (C=O) groups is 3. The van der Waals surface area contributed by atoms with Crippen LogP contribution in [-0.2, 0) is 9.59 Å². The highest BCUT2D eigenvalue weighted by atomic mass is 32.1. The maximum absolute atomic E-state index is 12.1. The normalized spacial score (nSPS) is 9.74. The molecule has 6 nitrogen and oxygen atoms in total. The summed E-state index contributed by atoms with van der Waals surface area (Å²) in [6.07, 6.45) is 1.46. The van der Waals surface area contributed by atoms with Crippen molar-refractivity contribution in [1.29, 1.82) is 0 Å². The van der Waals surface area contributed by atoms with Gasteiger partial charge >= 0.3 is 5.97 Å². The summed E-state index contributed by atoms with van der Waals surface area (Å²) < 4.78 is 0. The van der Waals surface area contributed by atoms with Crippen molar-refractivity contribution in [3.8, 4) is 0 Å². The molecule has 0 spiro atoms. The Bertz CT molecular complexity index is 510. The van der Waals surface area contributed by atoms with E-state index in [2.05, 4.69) is 11.9 Å². The van der Waals surface area contributed by atoms with Crippen LogP contribution in [-0.4, -0.2) is 40.9 Å². The molecule has 1 aromatic rings. The highest BCUT2D eigenvalue weighted by molar-refractivity contribution is 7.18. The molecule has 0 aliphatic heterocycles. The van der Waals surface area contributed by atoms with Crippen LogP contribution >= 0.6 is 11.3 Å². The molecule has 0 atom stereocenters. The number of carboxylic acid groups (broad SMARTS) is 1. The Kier molecular flexibility index (Phi) is 5.25. The first-order valence-corrected chi connectivity index (χ1v) is 6.25. The number of hydrogen-bond acceptors (Lipinski definition) is 4. The molecule has 19 heavy (non-hydrogen) atoms. The number of nitrogens with zero attached hydrogens (tertiary/aromatic N) is 1. The van der Waals surface area contributed by atoms with E-state index in [4.69, 9.17) is 5.11 Å². The van der Waals surface area contributed by atoms with Gasteiger partial charge in [-0.05, 0) is 12.1 Å². The van der Waals surface area contributed by atoms with Crippen LogP contribution in [0.1, 0.15) is 16.6 Å². The zero-order valence-corrected chi connectivity index (χ0v) is 11.2. The first-order chi connectivity index (χ1) is 8.93. The van der Waals surface area contributed by atoms with Crippen molar-refractivity contribution in [2.75, 3.05) is 18.4 Å². The highest BCUT2D eigenvalue weighted by Crippen LogP contribution is 2.23. The number of aliphatic carboxylic acids is 1. The lowest BCUT2D eigenvalue weighted by molar-refractivity contribution is -0.137. The van der Waals surface area contributed by atoms with Gasteiger partial charge in [-0.1, -0.05) is 6.08 Å². The van der Waals surface area contributed by atoms with Gasteiger partial charge in [0.1, 0.15) is 6.54 Å². The molecule has 0 aliphatic carbocycles. The number of carboxylic acids is 1. The van der Waals surface area contributed by atoms with E-state index in [0.29, 0.717) is 9.88 Å². The standard InChI is InChI=1S/C12H14N2O4S/c1-3-6-14(7-11(16)17)12(18)9-4-5-10(19-9)13-8(2)15/h3-5H,1,6-7H2,2H3,(H,13,15)(H,16,17). The van der Waals surface area contributed by atoms with Crippen LogP contribution in [0.2, 0.25) is 0 Å². The maximum Gasteiger partial charge on any atom is 0.323 e. The molecule has 0 aromatic carbocycles. The number of anilines is 1. The van der Waals surface area contributed by atoms with Gasteiger partial charge in [-0.15, -0.1) is 17.9 Å². The van der Waals surface area contributed by atoms with Gasteiger partial charge in [0.25, 0.3) is 5.91 Å². The molecule has 2 amide bonds. The smallest absolute Gasteiger partial charge is 0.323 e. The quantitative estimate of drug-likeness (QED) is 0.772. The summed E-state index contributed by atoms with van der Waals surface area (Å²) in [5.74, 6) is -1.72. The lowest BCUT2D eigenvalue weighted by atomic mass is 10.3. The lowest BCUT2D eigenvalue weighted by Gasteiger charge is -2.17. The second-order valence-corrected chi connectivity index (χ2v) is 4.80. The predicted octanol–water partition coefficient (Wildman–Crippen LogP) is 1.42. The summed E-state index contributed by atoms with van der Waals surface area (Å²) in [7, 11) is 0. The molecule has 7 heteroatoms. The molecule has 102 valence electrons. The molecule has 1 aromatic heterocycles. The van der Waals surface area contributed by atoms with Crippen LogP contribution in [0.15, 0.2) is 24.8 Å². The largest absolute Gasteiger partial charge is 0.480 e. The Balaban J connectivity index is 2.83. The summed E-state index contributed by atoms with van der Waals surface area (Å²) in [6, 6.07) is 3.16. The zero-order chi connectivity index (χ0) is 14.4. The van der Waals surface area contributed by atoms with Crippen molar-refractivity contribution in [3.63, 3.8) is 0 Å². The Morgan fingerprint density at radius 1 is 1.47 bits per heavy atom. The SMILES string of the molecule is C=CCN(CC(=O)O)C(=O)c1ccc(NC(C)=O)s1. The Hall–Kier alpha value is -2.15. The molecule has 0 aliphatic rings. The maximum atomic E-state index is 12.1. The van der Waals surface area contributed by atoms with Crippen molar-refractivity contribution in [1.82, 2.24) is 4.90 Å². The average Bonchev–Trinajstić information content (AvgIpc) is 2.74. The van der Waals surface area contributed by atoms with Crippen LogP contribution < -0.4 is 5.32 Å². The summed E-state index contributed by atoms with van der Waals surface area (Å²) in [5.41, 5.74) is 0. The van der Waals surface area contributed by atoms with Gasteiger partial charge in [0.05, 0.1) is 9.88 Å². The third kappa shape index (κ3) is 4.55. The monoisotopic (exact) mass is 282 g/mol. The second kappa shape index (κ2) is 6.69. The first-order valence-electron chi connectivity index (χ1n) is 5.43. The molecule has 1 rings (SSSR count). The number of rotatable bonds is 6. The molecule has 0 saturated heterocycles. The summed E-state index contributed by atoms with van der Waals surface area (Å²) in [6.45, 7) is 4.62. The van der Waals surface area contributed by atoms with Crippen molar-refractivity contribution >= 4 is 34.1 Å². The molecule has 2 N–H and O–H groups in total. The highest BCUT2D eigenvalue weighted by Gasteiger charge is 2.19. The predicted molar refractivity (Wildman–Crippen MR) is 72.4 cm³/mol. The van der Waals surface area contributed by atoms with Gasteiger partial charge in [0.2, 0.25) is 5.91 Å². The number of amides is 2. The van der Waals surface area contributed by atoms with Gasteiger partial charge in [0.15, 0.2) is 0 Å². The minimum Gasteiger partial charge on any atom is -0.480 e. The van der Waals surface area contributed by atoms with Gasteiger partial charge in [-0.25, -0.2) is 0 Å². The molecule has 0 fully saturated rings. The number of carbonyl (C=O) groups excluding carboxylic acids is 2. The van der Waals surface area contributed by atoms with Gasteiger partial charge in [-0.3, -0.25) is 14.4 Å². The van der Waals surface area contributed by atoms with Crippen LogP contribution in [0.3, 0.4) is 0 Å². The first kappa shape index (κ1) is 14.9. The molecule has 0 unspecified atom stereocenters. The van der Waals surface area contributed by atoms with Crippen molar-refractivity contribution in [2.45, 2.75) is 6.92 Å². The summed E-state index contributed by atoms with van der Waals surface area (Å²) >= 11 is 1.10. The fourth-order valence-corrected chi connectivity index (χ4v) is 2.31. The Labute approximate surface area is 114 Å². The minimum absolute atomic E-state index is 0.151. The topological polar surface area (TPSA) is 86.7 Å². The third-order valence-electron chi connectivity index (χ3n) is 2.08. The van der Waals surface area contributed by atoms with Gasteiger partial charge in [0, 0.05) is 13.5 Å². The van der Waals surface area contributed by atoms with Crippen molar-refractivity contribution in [2.24, 2.45) is 0 Å². The average molecular weight is 282 g/mol. The minimum atomic E-state index is -1.09. The third-order valence-corrected chi connectivity index (χ3v) is 3.07. The van der Waals surface area contributed by atoms with E-state index in [9.17, 15) is 14.4 Å². The Morgan fingerprint density at radius 3 is 2.68 bits per heavy atom. The van der Waals surface area contributed by atoms with Crippen LogP contribution in [0.25, 0.3) is 0 Å². The van der Waals surface area contributed by atoms with Gasteiger partial charge in [-0.2, -0.15) is 0 Å². The second-order valence-electron chi connectivity index (χ2n) is 3.71. The molecular weight excluding hydrogens is 268 g/mol. The van der Waals surface area contributed by atoms with Crippen LogP contribution in [0.5, 0.6) is 0 Å². The molecule has 0 radical (unpaired) electrons. The number of nitrogens with one attached hydrogen (secondary N) is 1. The lowest BCUT2D eigenvalue weighted by Crippen LogP contribution is -2.35.